The molecule has 0 bridgehead atoms. The van der Waals surface area contributed by atoms with E-state index in [2.05, 4.69) is 161 Å². The van der Waals surface area contributed by atoms with Gasteiger partial charge in [-0.15, -0.1) is 0 Å². The molecule has 0 unspecified atom stereocenters. The van der Waals surface area contributed by atoms with Crippen molar-refractivity contribution in [3.05, 3.63) is 175 Å². The summed E-state index contributed by atoms with van der Waals surface area (Å²) in [5.74, 6) is 0.701. The first-order chi connectivity index (χ1) is 22.5. The molecule has 0 N–H and O–H groups in total. The fourth-order valence-electron chi connectivity index (χ4n) is 6.60. The number of hydrogen-bond donors (Lipinski definition) is 0. The number of benzene rings is 5. The van der Waals surface area contributed by atoms with Gasteiger partial charge < -0.3 is 0 Å². The Morgan fingerprint density at radius 2 is 1.07 bits per heavy atom. The van der Waals surface area contributed by atoms with Gasteiger partial charge in [-0.25, -0.2) is 9.97 Å². The van der Waals surface area contributed by atoms with Crippen molar-refractivity contribution in [2.45, 2.75) is 26.2 Å². The molecule has 1 aliphatic carbocycles. The first kappa shape index (κ1) is 29.1. The van der Waals surface area contributed by atoms with Crippen LogP contribution in [0.1, 0.15) is 31.9 Å². The molecular weight excluding hydrogens is 556 g/mol. The van der Waals surface area contributed by atoms with Crippen molar-refractivity contribution in [3.63, 3.8) is 0 Å². The third kappa shape index (κ3) is 5.33. The third-order valence-electron chi connectivity index (χ3n) is 8.98. The minimum atomic E-state index is -0.140. The van der Waals surface area contributed by atoms with Gasteiger partial charge in [-0.2, -0.15) is 0 Å². The van der Waals surface area contributed by atoms with Crippen molar-refractivity contribution >= 4 is 5.57 Å². The first-order valence-electron chi connectivity index (χ1n) is 15.8. The van der Waals surface area contributed by atoms with Gasteiger partial charge in [-0.05, 0) is 81.8 Å². The Kier molecular flexibility index (Phi) is 7.64. The van der Waals surface area contributed by atoms with Gasteiger partial charge in [-0.1, -0.05) is 142 Å². The van der Waals surface area contributed by atoms with E-state index in [0.717, 1.165) is 44.8 Å². The zero-order valence-electron chi connectivity index (χ0n) is 26.5. The van der Waals surface area contributed by atoms with Crippen LogP contribution in [0.5, 0.6) is 0 Å². The molecule has 5 aromatic carbocycles. The van der Waals surface area contributed by atoms with E-state index in [-0.39, 0.29) is 5.41 Å². The van der Waals surface area contributed by atoms with Gasteiger partial charge in [0.25, 0.3) is 0 Å². The molecule has 1 aromatic heterocycles. The van der Waals surface area contributed by atoms with Crippen molar-refractivity contribution in [3.8, 4) is 56.2 Å². The Morgan fingerprint density at radius 1 is 0.543 bits per heavy atom. The van der Waals surface area contributed by atoms with E-state index in [4.69, 9.17) is 9.97 Å². The van der Waals surface area contributed by atoms with Gasteiger partial charge in [0.15, 0.2) is 5.82 Å². The molecule has 6 aromatic rings. The second-order valence-electron chi connectivity index (χ2n) is 12.3. The van der Waals surface area contributed by atoms with Gasteiger partial charge in [0.2, 0.25) is 0 Å². The van der Waals surface area contributed by atoms with Gasteiger partial charge in [0.05, 0.1) is 11.4 Å². The van der Waals surface area contributed by atoms with Crippen LogP contribution in [0.15, 0.2) is 164 Å². The quantitative estimate of drug-likeness (QED) is 0.184. The second kappa shape index (κ2) is 12.1. The van der Waals surface area contributed by atoms with Crippen LogP contribution in [-0.4, -0.2) is 9.97 Å². The molecule has 46 heavy (non-hydrogen) atoms. The highest BCUT2D eigenvalue weighted by molar-refractivity contribution is 5.90. The molecule has 2 nitrogen and oxygen atoms in total. The van der Waals surface area contributed by atoms with Crippen LogP contribution in [0.4, 0.5) is 0 Å². The van der Waals surface area contributed by atoms with Crippen LogP contribution < -0.4 is 0 Å². The van der Waals surface area contributed by atoms with E-state index < -0.39 is 0 Å². The highest BCUT2D eigenvalue weighted by atomic mass is 14.9. The molecule has 0 fully saturated rings. The lowest BCUT2D eigenvalue weighted by molar-refractivity contribution is 0.654. The monoisotopic (exact) mass is 592 g/mol. The number of nitrogens with zero attached hydrogens (tertiary/aromatic N) is 2. The second-order valence-corrected chi connectivity index (χ2v) is 12.3. The summed E-state index contributed by atoms with van der Waals surface area (Å²) in [7, 11) is 0. The van der Waals surface area contributed by atoms with Crippen molar-refractivity contribution < 1.29 is 0 Å². The molecule has 0 amide bonds. The highest BCUT2D eigenvalue weighted by Crippen LogP contribution is 2.48. The summed E-state index contributed by atoms with van der Waals surface area (Å²) in [6.45, 7) is 10.9. The molecule has 0 aliphatic heterocycles. The number of fused-ring (bicyclic) bond motifs is 1. The SMILES string of the molecule is C=CC1=C(/C=C\C)C(C)(C)c2cc(-c3cc(-c4ccccc4)cc(-c4nc(-c5ccccc5)cc(-c5ccccc5)n4)c3)ccc21. The highest BCUT2D eigenvalue weighted by Gasteiger charge is 2.35. The van der Waals surface area contributed by atoms with Crippen LogP contribution in [-0.2, 0) is 5.41 Å². The molecule has 1 aliphatic rings. The summed E-state index contributed by atoms with van der Waals surface area (Å²) in [6, 6.07) is 46.9. The minimum Gasteiger partial charge on any atom is -0.228 e. The standard InChI is InChI=1S/C44H36N2/c1-5-16-39-37(6-2)38-24-23-33(28-40(38)44(39,3)4)35-25-34(30-17-10-7-11-18-30)26-36(27-35)43-45-41(31-19-12-8-13-20-31)29-42(46-43)32-21-14-9-15-22-32/h5-29H,2H2,1,3-4H3/b16-5-. The van der Waals surface area contributed by atoms with Crippen molar-refractivity contribution in [1.29, 1.82) is 0 Å². The lowest BCUT2D eigenvalue weighted by atomic mass is 9.80. The smallest absolute Gasteiger partial charge is 0.160 e. The Labute approximate surface area is 272 Å². The molecule has 222 valence electrons. The van der Waals surface area contributed by atoms with E-state index in [1.807, 2.05) is 18.2 Å². The molecule has 2 heteroatoms. The van der Waals surface area contributed by atoms with E-state index >= 15 is 0 Å². The zero-order valence-corrected chi connectivity index (χ0v) is 26.5. The number of allylic oxidation sites excluding steroid dienone is 5. The van der Waals surface area contributed by atoms with Crippen molar-refractivity contribution in [1.82, 2.24) is 9.97 Å². The average Bonchev–Trinajstić information content (AvgIpc) is 3.33. The molecule has 0 saturated heterocycles. The van der Waals surface area contributed by atoms with Crippen molar-refractivity contribution in [2.75, 3.05) is 0 Å². The van der Waals surface area contributed by atoms with Crippen LogP contribution in [0.25, 0.3) is 61.7 Å². The molecule has 0 saturated carbocycles. The maximum Gasteiger partial charge on any atom is 0.160 e. The Morgan fingerprint density at radius 3 is 1.61 bits per heavy atom. The van der Waals surface area contributed by atoms with E-state index in [1.165, 1.54) is 27.8 Å². The van der Waals surface area contributed by atoms with Gasteiger partial charge >= 0.3 is 0 Å². The summed E-state index contributed by atoms with van der Waals surface area (Å²) in [5, 5.41) is 0. The van der Waals surface area contributed by atoms with Gasteiger partial charge in [-0.3, -0.25) is 0 Å². The largest absolute Gasteiger partial charge is 0.228 e. The lowest BCUT2D eigenvalue weighted by Gasteiger charge is -2.23. The predicted octanol–water partition coefficient (Wildman–Crippen LogP) is 11.6. The lowest BCUT2D eigenvalue weighted by Crippen LogP contribution is -2.16. The third-order valence-corrected chi connectivity index (χ3v) is 8.98. The molecule has 1 heterocycles. The minimum absolute atomic E-state index is 0.140. The van der Waals surface area contributed by atoms with E-state index in [0.29, 0.717) is 5.82 Å². The maximum absolute atomic E-state index is 5.16. The Bertz CT molecular complexity index is 2060. The summed E-state index contributed by atoms with van der Waals surface area (Å²) >= 11 is 0. The maximum atomic E-state index is 5.16. The summed E-state index contributed by atoms with van der Waals surface area (Å²) in [4.78, 5) is 10.3. The van der Waals surface area contributed by atoms with E-state index in [1.54, 1.807) is 0 Å². The van der Waals surface area contributed by atoms with Crippen molar-refractivity contribution in [2.24, 2.45) is 0 Å². The molecule has 0 spiro atoms. The Balaban J connectivity index is 1.43. The summed E-state index contributed by atoms with van der Waals surface area (Å²) in [6.07, 6.45) is 6.35. The summed E-state index contributed by atoms with van der Waals surface area (Å²) in [5.41, 5.74) is 14.4. The predicted molar refractivity (Wildman–Crippen MR) is 194 cm³/mol. The Hall–Kier alpha value is -5.60. The van der Waals surface area contributed by atoms with Crippen LogP contribution in [0.2, 0.25) is 0 Å². The first-order valence-corrected chi connectivity index (χ1v) is 15.8. The fraction of sp³-hybridized carbons (Fsp3) is 0.0909. The number of hydrogen-bond acceptors (Lipinski definition) is 2. The molecular formula is C44H36N2. The normalized spacial score (nSPS) is 13.6. The van der Waals surface area contributed by atoms with Crippen LogP contribution >= 0.6 is 0 Å². The molecule has 0 atom stereocenters. The van der Waals surface area contributed by atoms with Crippen LogP contribution in [0.3, 0.4) is 0 Å². The van der Waals surface area contributed by atoms with Gasteiger partial charge in [0.1, 0.15) is 0 Å². The molecule has 0 radical (unpaired) electrons. The zero-order chi connectivity index (χ0) is 31.7. The fourth-order valence-corrected chi connectivity index (χ4v) is 6.60. The van der Waals surface area contributed by atoms with Crippen LogP contribution in [0, 0.1) is 0 Å². The summed E-state index contributed by atoms with van der Waals surface area (Å²) < 4.78 is 0. The average molecular weight is 593 g/mol. The van der Waals surface area contributed by atoms with Gasteiger partial charge in [0, 0.05) is 22.1 Å². The topological polar surface area (TPSA) is 25.8 Å². The number of rotatable bonds is 7. The molecule has 7 rings (SSSR count). The van der Waals surface area contributed by atoms with E-state index in [9.17, 15) is 0 Å². The number of aromatic nitrogens is 2.